The number of hydrogen-bond donors (Lipinski definition) is 3. The third-order valence-corrected chi connectivity index (χ3v) is 4.15. The highest BCUT2D eigenvalue weighted by molar-refractivity contribution is 7.89. The molecule has 1 aromatic carbocycles. The van der Waals surface area contributed by atoms with Crippen LogP contribution >= 0.6 is 0 Å². The minimum absolute atomic E-state index is 0.0222. The molecule has 0 fully saturated rings. The summed E-state index contributed by atoms with van der Waals surface area (Å²) in [7, 11) is -2.31. The van der Waals surface area contributed by atoms with Gasteiger partial charge in [0.05, 0.1) is 11.4 Å². The first-order valence-electron chi connectivity index (χ1n) is 5.54. The molecule has 106 valence electrons. The molecule has 1 amide bonds. The number of benzene rings is 1. The standard InChI is InChI=1S/C11H13N5O3S/c1-14-20(18,19)10-3-2-7(6-8(10)12)16-5-4-9(15-16)11(13)17/h2-6,14H,12H2,1H3,(H2,13,17). The van der Waals surface area contributed by atoms with E-state index in [0.717, 1.165) is 0 Å². The highest BCUT2D eigenvalue weighted by atomic mass is 32.2. The Morgan fingerprint density at radius 3 is 2.55 bits per heavy atom. The van der Waals surface area contributed by atoms with Crippen LogP contribution in [0.3, 0.4) is 0 Å². The zero-order valence-electron chi connectivity index (χ0n) is 10.6. The molecule has 0 saturated carbocycles. The summed E-state index contributed by atoms with van der Waals surface area (Å²) in [5.41, 5.74) is 11.5. The summed E-state index contributed by atoms with van der Waals surface area (Å²) in [5, 5.41) is 3.95. The van der Waals surface area contributed by atoms with Crippen LogP contribution in [-0.4, -0.2) is 31.2 Å². The molecule has 20 heavy (non-hydrogen) atoms. The molecule has 2 rings (SSSR count). The van der Waals surface area contributed by atoms with Crippen molar-refractivity contribution in [2.45, 2.75) is 4.90 Å². The predicted octanol–water partition coefficient (Wildman–Crippen LogP) is -0.538. The Hall–Kier alpha value is -2.39. The highest BCUT2D eigenvalue weighted by Crippen LogP contribution is 2.21. The third kappa shape index (κ3) is 2.49. The number of nitrogens with one attached hydrogen (secondary N) is 1. The molecular weight excluding hydrogens is 282 g/mol. The topological polar surface area (TPSA) is 133 Å². The second-order valence-corrected chi connectivity index (χ2v) is 5.79. The van der Waals surface area contributed by atoms with Crippen LogP contribution in [0.1, 0.15) is 10.5 Å². The molecule has 0 aliphatic heterocycles. The van der Waals surface area contributed by atoms with Crippen molar-refractivity contribution in [3.63, 3.8) is 0 Å². The van der Waals surface area contributed by atoms with Crippen molar-refractivity contribution in [2.75, 3.05) is 12.8 Å². The Morgan fingerprint density at radius 2 is 2.05 bits per heavy atom. The Balaban J connectivity index is 2.45. The van der Waals surface area contributed by atoms with E-state index >= 15 is 0 Å². The summed E-state index contributed by atoms with van der Waals surface area (Å²) in [4.78, 5) is 10.9. The number of nitrogens with two attached hydrogens (primary N) is 2. The largest absolute Gasteiger partial charge is 0.398 e. The van der Waals surface area contributed by atoms with Crippen LogP contribution < -0.4 is 16.2 Å². The van der Waals surface area contributed by atoms with Crippen LogP contribution in [-0.2, 0) is 10.0 Å². The first kappa shape index (κ1) is 14.0. The molecule has 0 atom stereocenters. The average Bonchev–Trinajstić information content (AvgIpc) is 2.88. The van der Waals surface area contributed by atoms with Gasteiger partial charge in [0.2, 0.25) is 10.0 Å². The average molecular weight is 295 g/mol. The van der Waals surface area contributed by atoms with E-state index in [1.807, 2.05) is 0 Å². The Kier molecular flexibility index (Phi) is 3.47. The van der Waals surface area contributed by atoms with Gasteiger partial charge in [0.1, 0.15) is 10.6 Å². The molecule has 1 aromatic heterocycles. The molecule has 0 radical (unpaired) electrons. The molecule has 0 aliphatic carbocycles. The van der Waals surface area contributed by atoms with Crippen molar-refractivity contribution in [2.24, 2.45) is 5.73 Å². The maximum atomic E-state index is 11.7. The Morgan fingerprint density at radius 1 is 1.35 bits per heavy atom. The van der Waals surface area contributed by atoms with Gasteiger partial charge in [-0.05, 0) is 31.3 Å². The number of sulfonamides is 1. The van der Waals surface area contributed by atoms with Crippen molar-refractivity contribution in [1.82, 2.24) is 14.5 Å². The number of nitrogens with zero attached hydrogens (tertiary/aromatic N) is 2. The number of amides is 1. The molecule has 1 heterocycles. The summed E-state index contributed by atoms with van der Waals surface area (Å²) in [5.74, 6) is -0.647. The summed E-state index contributed by atoms with van der Waals surface area (Å²) in [6, 6.07) is 5.79. The SMILES string of the molecule is CNS(=O)(=O)c1ccc(-n2ccc(C(N)=O)n2)cc1N. The number of carbonyl (C=O) groups is 1. The summed E-state index contributed by atoms with van der Waals surface area (Å²) < 4.78 is 26.9. The van der Waals surface area contributed by atoms with Crippen LogP contribution in [0.25, 0.3) is 5.69 Å². The zero-order valence-corrected chi connectivity index (χ0v) is 11.4. The van der Waals surface area contributed by atoms with Crippen molar-refractivity contribution in [3.05, 3.63) is 36.2 Å². The summed E-state index contributed by atoms with van der Waals surface area (Å²) >= 11 is 0. The Bertz CT molecular complexity index is 766. The fourth-order valence-electron chi connectivity index (χ4n) is 1.63. The summed E-state index contributed by atoms with van der Waals surface area (Å²) in [6.45, 7) is 0. The van der Waals surface area contributed by atoms with Gasteiger partial charge in [0.15, 0.2) is 0 Å². The van der Waals surface area contributed by atoms with Crippen LogP contribution in [0.4, 0.5) is 5.69 Å². The highest BCUT2D eigenvalue weighted by Gasteiger charge is 2.16. The molecule has 5 N–H and O–H groups in total. The maximum Gasteiger partial charge on any atom is 0.269 e. The van der Waals surface area contributed by atoms with Crippen LogP contribution in [0.15, 0.2) is 35.4 Å². The third-order valence-electron chi connectivity index (χ3n) is 2.66. The number of primary amides is 1. The smallest absolute Gasteiger partial charge is 0.269 e. The van der Waals surface area contributed by atoms with Gasteiger partial charge in [0.25, 0.3) is 5.91 Å². The van der Waals surface area contributed by atoms with Crippen LogP contribution in [0.2, 0.25) is 0 Å². The lowest BCUT2D eigenvalue weighted by atomic mass is 10.3. The second kappa shape index (κ2) is 4.94. The first-order chi connectivity index (χ1) is 9.35. The maximum absolute atomic E-state index is 11.7. The van der Waals surface area contributed by atoms with E-state index in [1.165, 1.54) is 42.2 Å². The van der Waals surface area contributed by atoms with Crippen LogP contribution in [0, 0.1) is 0 Å². The number of nitrogen functional groups attached to an aromatic ring is 1. The van der Waals surface area contributed by atoms with Gasteiger partial charge in [0, 0.05) is 6.20 Å². The molecule has 0 bridgehead atoms. The number of rotatable bonds is 4. The van der Waals surface area contributed by atoms with Gasteiger partial charge in [-0.3, -0.25) is 4.79 Å². The molecular formula is C11H13N5O3S. The van der Waals surface area contributed by atoms with Crippen LogP contribution in [0.5, 0.6) is 0 Å². The van der Waals surface area contributed by atoms with Crippen molar-refractivity contribution in [3.8, 4) is 5.69 Å². The van der Waals surface area contributed by atoms with E-state index in [-0.39, 0.29) is 16.3 Å². The molecule has 8 nitrogen and oxygen atoms in total. The molecule has 0 aliphatic rings. The van der Waals surface area contributed by atoms with Crippen molar-refractivity contribution < 1.29 is 13.2 Å². The number of carbonyl (C=O) groups excluding carboxylic acids is 1. The molecule has 0 unspecified atom stereocenters. The minimum Gasteiger partial charge on any atom is -0.398 e. The molecule has 9 heteroatoms. The fraction of sp³-hybridized carbons (Fsp3) is 0.0909. The first-order valence-corrected chi connectivity index (χ1v) is 7.02. The van der Waals surface area contributed by atoms with E-state index in [1.54, 1.807) is 0 Å². The zero-order chi connectivity index (χ0) is 14.9. The lowest BCUT2D eigenvalue weighted by molar-refractivity contribution is 0.0995. The minimum atomic E-state index is -3.61. The van der Waals surface area contributed by atoms with Crippen molar-refractivity contribution >= 4 is 21.6 Å². The van der Waals surface area contributed by atoms with Gasteiger partial charge in [-0.1, -0.05) is 0 Å². The van der Waals surface area contributed by atoms with Crippen molar-refractivity contribution in [1.29, 1.82) is 0 Å². The molecule has 0 spiro atoms. The van der Waals surface area contributed by atoms with Gasteiger partial charge in [-0.2, -0.15) is 5.10 Å². The number of anilines is 1. The number of hydrogen-bond acceptors (Lipinski definition) is 5. The lowest BCUT2D eigenvalue weighted by Gasteiger charge is -2.08. The predicted molar refractivity (Wildman–Crippen MR) is 72.7 cm³/mol. The van der Waals surface area contributed by atoms with E-state index in [4.69, 9.17) is 11.5 Å². The normalized spacial score (nSPS) is 11.4. The Labute approximate surface area is 115 Å². The van der Waals surface area contributed by atoms with Gasteiger partial charge in [-0.25, -0.2) is 17.8 Å². The lowest BCUT2D eigenvalue weighted by Crippen LogP contribution is -2.20. The van der Waals surface area contributed by atoms with E-state index in [0.29, 0.717) is 5.69 Å². The molecule has 0 saturated heterocycles. The monoisotopic (exact) mass is 295 g/mol. The second-order valence-electron chi connectivity index (χ2n) is 3.94. The van der Waals surface area contributed by atoms with E-state index < -0.39 is 15.9 Å². The quantitative estimate of drug-likeness (QED) is 0.651. The van der Waals surface area contributed by atoms with Gasteiger partial charge >= 0.3 is 0 Å². The van der Waals surface area contributed by atoms with E-state index in [9.17, 15) is 13.2 Å². The fourth-order valence-corrected chi connectivity index (χ4v) is 2.47. The number of aromatic nitrogens is 2. The molecule has 2 aromatic rings. The summed E-state index contributed by atoms with van der Waals surface area (Å²) in [6.07, 6.45) is 1.53. The van der Waals surface area contributed by atoms with Gasteiger partial charge < -0.3 is 11.5 Å². The van der Waals surface area contributed by atoms with E-state index in [2.05, 4.69) is 9.82 Å². The van der Waals surface area contributed by atoms with Gasteiger partial charge in [-0.15, -0.1) is 0 Å².